The smallest absolute Gasteiger partial charge is 0.137 e. The van der Waals surface area contributed by atoms with Crippen molar-refractivity contribution in [1.82, 2.24) is 0 Å². The van der Waals surface area contributed by atoms with Gasteiger partial charge in [0.05, 0.1) is 12.1 Å². The van der Waals surface area contributed by atoms with E-state index in [1.165, 1.54) is 5.56 Å². The summed E-state index contributed by atoms with van der Waals surface area (Å²) in [6.45, 7) is 0. The molecule has 2 aromatic rings. The average Bonchev–Trinajstić information content (AvgIpc) is 2.40. The van der Waals surface area contributed by atoms with Crippen LogP contribution in [0.2, 0.25) is 5.02 Å². The van der Waals surface area contributed by atoms with Crippen molar-refractivity contribution in [1.29, 1.82) is 0 Å². The van der Waals surface area contributed by atoms with Gasteiger partial charge in [-0.1, -0.05) is 48.0 Å². The fourth-order valence-electron chi connectivity index (χ4n) is 2.13. The lowest BCUT2D eigenvalue weighted by atomic mass is 10.00. The van der Waals surface area contributed by atoms with Crippen molar-refractivity contribution in [2.75, 3.05) is 7.11 Å². The van der Waals surface area contributed by atoms with Gasteiger partial charge >= 0.3 is 0 Å². The average molecular weight is 276 g/mol. The normalized spacial score (nSPS) is 12.2. The van der Waals surface area contributed by atoms with Crippen LogP contribution in [0.1, 0.15) is 11.1 Å². The molecule has 2 nitrogen and oxygen atoms in total. The first-order valence-electron chi connectivity index (χ1n) is 6.31. The van der Waals surface area contributed by atoms with E-state index in [1.54, 1.807) is 7.11 Å². The van der Waals surface area contributed by atoms with Crippen molar-refractivity contribution in [2.45, 2.75) is 18.9 Å². The lowest BCUT2D eigenvalue weighted by Crippen LogP contribution is -2.25. The topological polar surface area (TPSA) is 35.2 Å². The molecule has 0 aliphatic heterocycles. The van der Waals surface area contributed by atoms with E-state index < -0.39 is 0 Å². The van der Waals surface area contributed by atoms with E-state index in [-0.39, 0.29) is 6.04 Å². The quantitative estimate of drug-likeness (QED) is 0.907. The molecular formula is C16H18ClNO. The maximum Gasteiger partial charge on any atom is 0.137 e. The third-order valence-electron chi connectivity index (χ3n) is 3.05. The standard InChI is InChI=1S/C16H18ClNO/c1-19-16-8-7-13(11-15(16)17)10-14(18)9-12-5-3-2-4-6-12/h2-8,11,14H,9-10,18H2,1H3. The highest BCUT2D eigenvalue weighted by atomic mass is 35.5. The van der Waals surface area contributed by atoms with Crippen LogP contribution < -0.4 is 10.5 Å². The molecule has 0 fully saturated rings. The summed E-state index contributed by atoms with van der Waals surface area (Å²) < 4.78 is 5.14. The summed E-state index contributed by atoms with van der Waals surface area (Å²) in [5.74, 6) is 0.696. The molecule has 2 N–H and O–H groups in total. The van der Waals surface area contributed by atoms with Crippen LogP contribution in [-0.2, 0) is 12.8 Å². The van der Waals surface area contributed by atoms with Crippen LogP contribution in [0.25, 0.3) is 0 Å². The molecule has 0 spiro atoms. The second kappa shape index (κ2) is 6.60. The number of benzene rings is 2. The van der Waals surface area contributed by atoms with Crippen LogP contribution in [0.3, 0.4) is 0 Å². The SMILES string of the molecule is COc1ccc(CC(N)Cc2ccccc2)cc1Cl. The Balaban J connectivity index is 1.99. The maximum atomic E-state index is 6.18. The molecule has 0 saturated heterocycles. The van der Waals surface area contributed by atoms with Gasteiger partial charge in [0.25, 0.3) is 0 Å². The van der Waals surface area contributed by atoms with Gasteiger partial charge in [0.15, 0.2) is 0 Å². The highest BCUT2D eigenvalue weighted by molar-refractivity contribution is 6.32. The lowest BCUT2D eigenvalue weighted by molar-refractivity contribution is 0.415. The zero-order valence-corrected chi connectivity index (χ0v) is 11.7. The van der Waals surface area contributed by atoms with Gasteiger partial charge in [-0.25, -0.2) is 0 Å². The van der Waals surface area contributed by atoms with Gasteiger partial charge in [-0.3, -0.25) is 0 Å². The third kappa shape index (κ3) is 3.98. The summed E-state index contributed by atoms with van der Waals surface area (Å²) in [5.41, 5.74) is 8.58. The second-order valence-corrected chi connectivity index (χ2v) is 5.03. The zero-order chi connectivity index (χ0) is 13.7. The van der Waals surface area contributed by atoms with E-state index in [4.69, 9.17) is 22.1 Å². The molecule has 19 heavy (non-hydrogen) atoms. The van der Waals surface area contributed by atoms with Crippen molar-refractivity contribution < 1.29 is 4.74 Å². The van der Waals surface area contributed by atoms with Gasteiger partial charge in [0, 0.05) is 6.04 Å². The summed E-state index contributed by atoms with van der Waals surface area (Å²) >= 11 is 6.11. The van der Waals surface area contributed by atoms with Gasteiger partial charge < -0.3 is 10.5 Å². The summed E-state index contributed by atoms with van der Waals surface area (Å²) in [6.07, 6.45) is 1.67. The molecule has 0 amide bonds. The zero-order valence-electron chi connectivity index (χ0n) is 11.0. The van der Waals surface area contributed by atoms with E-state index in [0.717, 1.165) is 18.4 Å². The number of methoxy groups -OCH3 is 1. The molecule has 0 aromatic heterocycles. The first-order chi connectivity index (χ1) is 9.19. The third-order valence-corrected chi connectivity index (χ3v) is 3.35. The number of ether oxygens (including phenoxy) is 1. The summed E-state index contributed by atoms with van der Waals surface area (Å²) in [6, 6.07) is 16.2. The fraction of sp³-hybridized carbons (Fsp3) is 0.250. The molecule has 0 saturated carbocycles. The summed E-state index contributed by atoms with van der Waals surface area (Å²) in [4.78, 5) is 0. The second-order valence-electron chi connectivity index (χ2n) is 4.62. The molecule has 2 aromatic carbocycles. The molecule has 2 rings (SSSR count). The minimum absolute atomic E-state index is 0.0897. The Morgan fingerprint density at radius 3 is 2.37 bits per heavy atom. The maximum absolute atomic E-state index is 6.18. The molecule has 0 heterocycles. The molecule has 100 valence electrons. The molecule has 0 aliphatic rings. The van der Waals surface area contributed by atoms with Crippen LogP contribution >= 0.6 is 11.6 Å². The Morgan fingerprint density at radius 2 is 1.74 bits per heavy atom. The van der Waals surface area contributed by atoms with Crippen molar-refractivity contribution in [3.8, 4) is 5.75 Å². The lowest BCUT2D eigenvalue weighted by Gasteiger charge is -2.13. The van der Waals surface area contributed by atoms with Crippen molar-refractivity contribution in [2.24, 2.45) is 5.73 Å². The molecule has 0 aliphatic carbocycles. The van der Waals surface area contributed by atoms with Gasteiger partial charge in [-0.15, -0.1) is 0 Å². The van der Waals surface area contributed by atoms with Crippen molar-refractivity contribution in [3.63, 3.8) is 0 Å². The predicted octanol–water partition coefficient (Wildman–Crippen LogP) is 3.46. The van der Waals surface area contributed by atoms with E-state index in [0.29, 0.717) is 10.8 Å². The molecule has 1 unspecified atom stereocenters. The fourth-order valence-corrected chi connectivity index (χ4v) is 2.41. The number of hydrogen-bond donors (Lipinski definition) is 1. The largest absolute Gasteiger partial charge is 0.495 e. The minimum Gasteiger partial charge on any atom is -0.495 e. The van der Waals surface area contributed by atoms with Gasteiger partial charge in [0.2, 0.25) is 0 Å². The Bertz CT molecular complexity index is 528. The monoisotopic (exact) mass is 275 g/mol. The van der Waals surface area contributed by atoms with E-state index >= 15 is 0 Å². The highest BCUT2D eigenvalue weighted by Crippen LogP contribution is 2.25. The van der Waals surface area contributed by atoms with E-state index in [9.17, 15) is 0 Å². The van der Waals surface area contributed by atoms with Crippen LogP contribution in [-0.4, -0.2) is 13.2 Å². The van der Waals surface area contributed by atoms with Crippen molar-refractivity contribution >= 4 is 11.6 Å². The Labute approximate surface area is 119 Å². The first-order valence-corrected chi connectivity index (χ1v) is 6.68. The Kier molecular flexibility index (Phi) is 4.83. The predicted molar refractivity (Wildman–Crippen MR) is 79.8 cm³/mol. The van der Waals surface area contributed by atoms with E-state index in [1.807, 2.05) is 36.4 Å². The first kappa shape index (κ1) is 13.9. The molecular weight excluding hydrogens is 258 g/mol. The van der Waals surface area contributed by atoms with Crippen LogP contribution in [0.15, 0.2) is 48.5 Å². The summed E-state index contributed by atoms with van der Waals surface area (Å²) in [5, 5.41) is 0.631. The highest BCUT2D eigenvalue weighted by Gasteiger charge is 2.07. The van der Waals surface area contributed by atoms with Crippen LogP contribution in [0, 0.1) is 0 Å². The van der Waals surface area contributed by atoms with Gasteiger partial charge in [-0.05, 0) is 36.1 Å². The number of halogens is 1. The summed E-state index contributed by atoms with van der Waals surface area (Å²) in [7, 11) is 1.61. The molecule has 1 atom stereocenters. The number of rotatable bonds is 5. The molecule has 3 heteroatoms. The van der Waals surface area contributed by atoms with Crippen molar-refractivity contribution in [3.05, 3.63) is 64.7 Å². The number of hydrogen-bond acceptors (Lipinski definition) is 2. The number of nitrogens with two attached hydrogens (primary N) is 1. The Hall–Kier alpha value is -1.51. The van der Waals surface area contributed by atoms with E-state index in [2.05, 4.69) is 12.1 Å². The minimum atomic E-state index is 0.0897. The van der Waals surface area contributed by atoms with Gasteiger partial charge in [0.1, 0.15) is 5.75 Å². The van der Waals surface area contributed by atoms with Gasteiger partial charge in [-0.2, -0.15) is 0 Å². The Morgan fingerprint density at radius 1 is 1.05 bits per heavy atom. The molecule has 0 bridgehead atoms. The van der Waals surface area contributed by atoms with Crippen LogP contribution in [0.5, 0.6) is 5.75 Å². The van der Waals surface area contributed by atoms with Crippen LogP contribution in [0.4, 0.5) is 0 Å². The molecule has 0 radical (unpaired) electrons.